The Morgan fingerprint density at radius 3 is 2.38 bits per heavy atom. The number of nitrogens with one attached hydrogen (secondary N) is 2. The van der Waals surface area contributed by atoms with Gasteiger partial charge in [-0.1, -0.05) is 63.1 Å². The standard InChI is InChI=1S/C38H50N4O5S/c1-24-14-12-17-27(20-26-15-10-9-11-16-26)31(24)32-25(2)33(41-35(40-32)42-48-30-19-13-18-28(21-30)34(43)44)46-23-29(22-37(3,4)5)39-36(45)47-38(6,7)8/h12-14,17-21,29H,9-11,15-16,22-23H2,1-8H3,(H,39,45)(H,43,44)(H,40,41,42)/t29-/m1/s1. The number of hydrogen-bond acceptors (Lipinski definition) is 8. The quantitative estimate of drug-likeness (QED) is 0.171. The molecule has 0 bridgehead atoms. The van der Waals surface area contributed by atoms with Gasteiger partial charge in [0.25, 0.3) is 0 Å². The SMILES string of the molecule is Cc1cccc(C=C2CCCCC2)c1-c1nc(NSc2cccc(C(=O)O)c2)nc(OC[C@@H](CC(C)(C)C)NC(=O)OC(C)(C)C)c1C. The number of carboxylic acid groups (broad SMARTS) is 1. The lowest BCUT2D eigenvalue weighted by molar-refractivity contribution is 0.0470. The molecule has 0 radical (unpaired) electrons. The molecule has 0 aliphatic heterocycles. The molecule has 1 amide bonds. The summed E-state index contributed by atoms with van der Waals surface area (Å²) < 4.78 is 15.2. The number of allylic oxidation sites excluding steroid dienone is 1. The highest BCUT2D eigenvalue weighted by Crippen LogP contribution is 2.36. The third-order valence-electron chi connectivity index (χ3n) is 7.84. The molecule has 1 saturated carbocycles. The molecule has 9 nitrogen and oxygen atoms in total. The maximum absolute atomic E-state index is 12.8. The highest BCUT2D eigenvalue weighted by molar-refractivity contribution is 8.00. The molecule has 10 heteroatoms. The molecule has 0 unspecified atom stereocenters. The van der Waals surface area contributed by atoms with Crippen molar-refractivity contribution in [3.05, 3.63) is 70.3 Å². The van der Waals surface area contributed by atoms with Crippen molar-refractivity contribution in [3.63, 3.8) is 0 Å². The fourth-order valence-corrected chi connectivity index (χ4v) is 6.40. The smallest absolute Gasteiger partial charge is 0.407 e. The maximum Gasteiger partial charge on any atom is 0.407 e. The number of benzene rings is 2. The second kappa shape index (κ2) is 15.9. The van der Waals surface area contributed by atoms with Gasteiger partial charge in [-0.25, -0.2) is 14.6 Å². The van der Waals surface area contributed by atoms with E-state index in [2.05, 4.69) is 62.0 Å². The van der Waals surface area contributed by atoms with Crippen LogP contribution in [0.3, 0.4) is 0 Å². The lowest BCUT2D eigenvalue weighted by Crippen LogP contribution is -2.44. The average Bonchev–Trinajstić information content (AvgIpc) is 2.99. The van der Waals surface area contributed by atoms with Crippen LogP contribution >= 0.6 is 11.9 Å². The van der Waals surface area contributed by atoms with Crippen LogP contribution in [0.15, 0.2) is 52.9 Å². The van der Waals surface area contributed by atoms with Crippen molar-refractivity contribution in [2.45, 2.75) is 110 Å². The highest BCUT2D eigenvalue weighted by atomic mass is 32.2. The van der Waals surface area contributed by atoms with Gasteiger partial charge in [0.2, 0.25) is 11.8 Å². The number of amides is 1. The van der Waals surface area contributed by atoms with Crippen molar-refractivity contribution < 1.29 is 24.2 Å². The largest absolute Gasteiger partial charge is 0.478 e. The minimum Gasteiger partial charge on any atom is -0.478 e. The van der Waals surface area contributed by atoms with Crippen LogP contribution < -0.4 is 14.8 Å². The Bertz CT molecular complexity index is 1630. The van der Waals surface area contributed by atoms with E-state index in [0.29, 0.717) is 23.1 Å². The summed E-state index contributed by atoms with van der Waals surface area (Å²) in [6, 6.07) is 12.6. The lowest BCUT2D eigenvalue weighted by atomic mass is 9.88. The number of anilines is 1. The Morgan fingerprint density at radius 1 is 1.00 bits per heavy atom. The van der Waals surface area contributed by atoms with E-state index in [1.807, 2.05) is 33.8 Å². The Morgan fingerprint density at radius 2 is 1.71 bits per heavy atom. The third-order valence-corrected chi connectivity index (χ3v) is 8.61. The van der Waals surface area contributed by atoms with Gasteiger partial charge in [0, 0.05) is 16.0 Å². The van der Waals surface area contributed by atoms with Gasteiger partial charge in [-0.3, -0.25) is 4.72 Å². The number of nitrogens with zero attached hydrogens (tertiary/aromatic N) is 2. The van der Waals surface area contributed by atoms with E-state index in [0.717, 1.165) is 40.8 Å². The van der Waals surface area contributed by atoms with Gasteiger partial charge in [-0.05, 0) is 113 Å². The Labute approximate surface area is 289 Å². The zero-order valence-corrected chi connectivity index (χ0v) is 30.3. The van der Waals surface area contributed by atoms with Gasteiger partial charge < -0.3 is 19.9 Å². The number of carbonyl (C=O) groups excluding carboxylic acids is 1. The predicted octanol–water partition coefficient (Wildman–Crippen LogP) is 9.63. The van der Waals surface area contributed by atoms with Crippen molar-refractivity contribution in [2.24, 2.45) is 5.41 Å². The van der Waals surface area contributed by atoms with Crippen molar-refractivity contribution in [1.82, 2.24) is 15.3 Å². The molecule has 1 heterocycles. The Balaban J connectivity index is 1.73. The fourth-order valence-electron chi connectivity index (χ4n) is 5.77. The average molecular weight is 675 g/mol. The van der Waals surface area contributed by atoms with E-state index >= 15 is 0 Å². The summed E-state index contributed by atoms with van der Waals surface area (Å²) in [6.45, 7) is 16.1. The minimum absolute atomic E-state index is 0.0918. The molecule has 1 aliphatic carbocycles. The molecular weight excluding hydrogens is 625 g/mol. The van der Waals surface area contributed by atoms with E-state index in [1.165, 1.54) is 36.8 Å². The molecule has 3 N–H and O–H groups in total. The molecule has 3 aromatic rings. The van der Waals surface area contributed by atoms with Gasteiger partial charge >= 0.3 is 12.1 Å². The molecule has 258 valence electrons. The van der Waals surface area contributed by atoms with Crippen molar-refractivity contribution in [3.8, 4) is 17.1 Å². The Hall–Kier alpha value is -4.05. The molecule has 0 spiro atoms. The van der Waals surface area contributed by atoms with Crippen molar-refractivity contribution in [2.75, 3.05) is 11.3 Å². The molecular formula is C38H50N4O5S. The summed E-state index contributed by atoms with van der Waals surface area (Å²) >= 11 is 1.23. The first-order valence-corrected chi connectivity index (χ1v) is 17.5. The first kappa shape index (κ1) is 36.8. The molecule has 2 aromatic carbocycles. The second-order valence-electron chi connectivity index (χ2n) is 14.7. The predicted molar refractivity (Wildman–Crippen MR) is 194 cm³/mol. The van der Waals surface area contributed by atoms with Crippen LogP contribution in [0.4, 0.5) is 10.7 Å². The Kier molecular flexibility index (Phi) is 12.2. The first-order chi connectivity index (χ1) is 22.6. The van der Waals surface area contributed by atoms with Crippen LogP contribution in [0.5, 0.6) is 5.88 Å². The lowest BCUT2D eigenvalue weighted by Gasteiger charge is -2.28. The van der Waals surface area contributed by atoms with E-state index in [1.54, 1.807) is 18.2 Å². The number of aromatic carboxylic acids is 1. The molecule has 1 aliphatic rings. The summed E-state index contributed by atoms with van der Waals surface area (Å²) in [7, 11) is 0. The molecule has 1 atom stereocenters. The van der Waals surface area contributed by atoms with E-state index in [4.69, 9.17) is 19.4 Å². The van der Waals surface area contributed by atoms with Crippen LogP contribution in [-0.4, -0.2) is 45.4 Å². The van der Waals surface area contributed by atoms with Crippen LogP contribution in [0.2, 0.25) is 0 Å². The number of alkyl carbamates (subject to hydrolysis) is 1. The summed E-state index contributed by atoms with van der Waals surface area (Å²) in [5.41, 5.74) is 5.64. The zero-order valence-electron chi connectivity index (χ0n) is 29.5. The van der Waals surface area contributed by atoms with Gasteiger partial charge in [0.05, 0.1) is 17.3 Å². The summed E-state index contributed by atoms with van der Waals surface area (Å²) in [5, 5.41) is 12.5. The monoisotopic (exact) mass is 674 g/mol. The number of aryl methyl sites for hydroxylation is 1. The molecule has 0 saturated heterocycles. The van der Waals surface area contributed by atoms with E-state index in [9.17, 15) is 14.7 Å². The summed E-state index contributed by atoms with van der Waals surface area (Å²) in [5.74, 6) is -0.277. The summed E-state index contributed by atoms with van der Waals surface area (Å²) in [6.07, 6.45) is 8.35. The zero-order chi connectivity index (χ0) is 35.1. The van der Waals surface area contributed by atoms with Gasteiger partial charge in [-0.15, -0.1) is 0 Å². The highest BCUT2D eigenvalue weighted by Gasteiger charge is 2.26. The first-order valence-electron chi connectivity index (χ1n) is 16.6. The number of carboxylic acids is 1. The topological polar surface area (TPSA) is 123 Å². The van der Waals surface area contributed by atoms with Gasteiger partial charge in [0.15, 0.2) is 0 Å². The molecule has 1 aromatic heterocycles. The number of rotatable bonds is 11. The van der Waals surface area contributed by atoms with Gasteiger partial charge in [-0.2, -0.15) is 4.98 Å². The minimum atomic E-state index is -0.994. The molecule has 1 fully saturated rings. The van der Waals surface area contributed by atoms with Crippen molar-refractivity contribution in [1.29, 1.82) is 0 Å². The third kappa shape index (κ3) is 11.0. The normalized spacial score (nSPS) is 14.2. The maximum atomic E-state index is 12.8. The number of hydrogen-bond donors (Lipinski definition) is 3. The van der Waals surface area contributed by atoms with Crippen LogP contribution in [0, 0.1) is 19.3 Å². The van der Waals surface area contributed by atoms with Gasteiger partial charge in [0.1, 0.15) is 12.2 Å². The molecule has 4 rings (SSSR count). The van der Waals surface area contributed by atoms with Crippen LogP contribution in [-0.2, 0) is 4.74 Å². The van der Waals surface area contributed by atoms with Crippen LogP contribution in [0.1, 0.15) is 107 Å². The number of aromatic nitrogens is 2. The van der Waals surface area contributed by atoms with Crippen LogP contribution in [0.25, 0.3) is 17.3 Å². The number of carbonyl (C=O) groups is 2. The van der Waals surface area contributed by atoms with Crippen molar-refractivity contribution >= 4 is 36.0 Å². The number of ether oxygens (including phenoxy) is 2. The summed E-state index contributed by atoms with van der Waals surface area (Å²) in [4.78, 5) is 34.8. The van der Waals surface area contributed by atoms with E-state index < -0.39 is 17.7 Å². The second-order valence-corrected chi connectivity index (χ2v) is 15.6. The fraction of sp³-hybridized carbons (Fsp3) is 0.474. The van der Waals surface area contributed by atoms with E-state index in [-0.39, 0.29) is 23.6 Å². The molecule has 48 heavy (non-hydrogen) atoms.